The second-order valence-electron chi connectivity index (χ2n) is 9.91. The molecule has 170 valence electrons. The highest BCUT2D eigenvalue weighted by Gasteiger charge is 2.58. The zero-order valence-corrected chi connectivity index (χ0v) is 18.9. The molecule has 32 heavy (non-hydrogen) atoms. The molecule has 0 amide bonds. The lowest BCUT2D eigenvalue weighted by atomic mass is 9.46. The summed E-state index contributed by atoms with van der Waals surface area (Å²) in [7, 11) is 0. The first-order valence-corrected chi connectivity index (χ1v) is 11.4. The first kappa shape index (κ1) is 22.5. The normalized spacial score (nSPS) is 35.5. The van der Waals surface area contributed by atoms with E-state index in [4.69, 9.17) is 9.47 Å². The van der Waals surface area contributed by atoms with Gasteiger partial charge in [-0.1, -0.05) is 50.3 Å². The number of hydrogen-bond donors (Lipinski definition) is 1. The van der Waals surface area contributed by atoms with E-state index in [2.05, 4.69) is 20.4 Å². The molecule has 1 aromatic carbocycles. The fourth-order valence-electron chi connectivity index (χ4n) is 6.20. The number of fused-ring (bicyclic) bond motifs is 1. The second kappa shape index (κ2) is 8.70. The van der Waals surface area contributed by atoms with Crippen molar-refractivity contribution < 1.29 is 24.2 Å². The van der Waals surface area contributed by atoms with Gasteiger partial charge in [-0.05, 0) is 67.6 Å². The fraction of sp³-hybridized carbons (Fsp3) is 0.481. The number of aliphatic hydroxyl groups excluding tert-OH is 1. The minimum absolute atomic E-state index is 0.105. The monoisotopic (exact) mass is 436 g/mol. The SMILES string of the molecule is C=C1CCC2[C@](C)(COC(=O)c3ccccc3)[C@H](O)CC[C@@]2(C)[C@@H]1C/C=C1\C=COC1=O. The van der Waals surface area contributed by atoms with Crippen LogP contribution in [0.5, 0.6) is 0 Å². The van der Waals surface area contributed by atoms with Crippen LogP contribution in [0.2, 0.25) is 0 Å². The Bertz CT molecular complexity index is 962. The molecular weight excluding hydrogens is 404 g/mol. The van der Waals surface area contributed by atoms with Gasteiger partial charge in [-0.15, -0.1) is 0 Å². The molecule has 0 bridgehead atoms. The van der Waals surface area contributed by atoms with Gasteiger partial charge in [0.1, 0.15) is 0 Å². The molecule has 1 heterocycles. The molecule has 5 heteroatoms. The maximum atomic E-state index is 12.6. The number of aliphatic hydroxyl groups is 1. The third-order valence-corrected chi connectivity index (χ3v) is 8.11. The van der Waals surface area contributed by atoms with Gasteiger partial charge < -0.3 is 14.6 Å². The average molecular weight is 437 g/mol. The molecule has 0 spiro atoms. The maximum absolute atomic E-state index is 12.6. The van der Waals surface area contributed by atoms with Gasteiger partial charge in [-0.25, -0.2) is 9.59 Å². The van der Waals surface area contributed by atoms with E-state index in [1.165, 1.54) is 11.8 Å². The average Bonchev–Trinajstić information content (AvgIpc) is 3.20. The van der Waals surface area contributed by atoms with E-state index >= 15 is 0 Å². The van der Waals surface area contributed by atoms with Gasteiger partial charge in [-0.3, -0.25) is 0 Å². The highest BCUT2D eigenvalue weighted by atomic mass is 16.5. The van der Waals surface area contributed by atoms with Crippen molar-refractivity contribution in [2.75, 3.05) is 6.61 Å². The molecule has 1 aliphatic heterocycles. The van der Waals surface area contributed by atoms with Crippen molar-refractivity contribution >= 4 is 11.9 Å². The highest BCUT2D eigenvalue weighted by molar-refractivity contribution is 5.94. The Hall–Kier alpha value is -2.66. The zero-order chi connectivity index (χ0) is 22.9. The van der Waals surface area contributed by atoms with Crippen molar-refractivity contribution in [3.05, 3.63) is 72.0 Å². The molecule has 5 atom stereocenters. The predicted molar refractivity (Wildman–Crippen MR) is 121 cm³/mol. The van der Waals surface area contributed by atoms with Gasteiger partial charge in [0, 0.05) is 5.41 Å². The fourth-order valence-corrected chi connectivity index (χ4v) is 6.20. The highest BCUT2D eigenvalue weighted by Crippen LogP contribution is 2.62. The number of allylic oxidation sites excluding steroid dienone is 2. The van der Waals surface area contributed by atoms with Crippen LogP contribution in [0.3, 0.4) is 0 Å². The molecule has 2 saturated carbocycles. The van der Waals surface area contributed by atoms with Crippen LogP contribution in [0.4, 0.5) is 0 Å². The summed E-state index contributed by atoms with van der Waals surface area (Å²) in [4.78, 5) is 24.4. The summed E-state index contributed by atoms with van der Waals surface area (Å²) in [5.41, 5.74) is 1.64. The van der Waals surface area contributed by atoms with Crippen molar-refractivity contribution in [2.45, 2.75) is 52.1 Å². The van der Waals surface area contributed by atoms with Crippen LogP contribution in [0.1, 0.15) is 56.3 Å². The molecule has 5 nitrogen and oxygen atoms in total. The van der Waals surface area contributed by atoms with Crippen molar-refractivity contribution in [1.82, 2.24) is 0 Å². The van der Waals surface area contributed by atoms with Crippen LogP contribution in [0, 0.1) is 22.7 Å². The van der Waals surface area contributed by atoms with Gasteiger partial charge >= 0.3 is 11.9 Å². The van der Waals surface area contributed by atoms with E-state index in [0.717, 1.165) is 19.3 Å². The van der Waals surface area contributed by atoms with E-state index in [9.17, 15) is 14.7 Å². The van der Waals surface area contributed by atoms with E-state index < -0.39 is 11.5 Å². The van der Waals surface area contributed by atoms with Gasteiger partial charge in [-0.2, -0.15) is 0 Å². The molecule has 1 N–H and O–H groups in total. The largest absolute Gasteiger partial charge is 0.461 e. The van der Waals surface area contributed by atoms with Crippen molar-refractivity contribution in [1.29, 1.82) is 0 Å². The quantitative estimate of drug-likeness (QED) is 0.400. The lowest BCUT2D eigenvalue weighted by Crippen LogP contribution is -2.57. The van der Waals surface area contributed by atoms with Gasteiger partial charge in [0.2, 0.25) is 0 Å². The third kappa shape index (κ3) is 3.95. The third-order valence-electron chi connectivity index (χ3n) is 8.11. The number of ether oxygens (including phenoxy) is 2. The number of rotatable bonds is 5. The van der Waals surface area contributed by atoms with E-state index in [0.29, 0.717) is 24.0 Å². The number of benzene rings is 1. The molecule has 1 aromatic rings. The Labute approximate surface area is 189 Å². The Morgan fingerprint density at radius 1 is 1.28 bits per heavy atom. The van der Waals surface area contributed by atoms with Crippen molar-refractivity contribution in [3.8, 4) is 0 Å². The summed E-state index contributed by atoms with van der Waals surface area (Å²) < 4.78 is 10.7. The molecule has 4 rings (SSSR count). The second-order valence-corrected chi connectivity index (χ2v) is 9.91. The van der Waals surface area contributed by atoms with Crippen LogP contribution in [0.15, 0.2) is 66.5 Å². The number of hydrogen-bond acceptors (Lipinski definition) is 5. The molecule has 0 aromatic heterocycles. The number of cyclic esters (lactones) is 1. The number of esters is 2. The van der Waals surface area contributed by atoms with Crippen molar-refractivity contribution in [2.24, 2.45) is 22.7 Å². The summed E-state index contributed by atoms with van der Waals surface area (Å²) in [5, 5.41) is 11.1. The first-order chi connectivity index (χ1) is 15.3. The van der Waals surface area contributed by atoms with Gasteiger partial charge in [0.05, 0.1) is 30.1 Å². The lowest BCUT2D eigenvalue weighted by molar-refractivity contribution is -0.152. The molecule has 0 radical (unpaired) electrons. The van der Waals surface area contributed by atoms with E-state index in [1.54, 1.807) is 18.2 Å². The maximum Gasteiger partial charge on any atom is 0.342 e. The summed E-state index contributed by atoms with van der Waals surface area (Å²) in [6.07, 6.45) is 8.52. The molecule has 1 unspecified atom stereocenters. The molecule has 3 aliphatic rings. The lowest BCUT2D eigenvalue weighted by Gasteiger charge is -2.60. The Kier molecular flexibility index (Phi) is 6.13. The van der Waals surface area contributed by atoms with Crippen LogP contribution >= 0.6 is 0 Å². The Morgan fingerprint density at radius 3 is 2.72 bits per heavy atom. The summed E-state index contributed by atoms with van der Waals surface area (Å²) >= 11 is 0. The molecule has 2 aliphatic carbocycles. The van der Waals surface area contributed by atoms with Crippen LogP contribution in [-0.2, 0) is 14.3 Å². The molecular formula is C27H32O5. The van der Waals surface area contributed by atoms with E-state index in [1.807, 2.05) is 24.3 Å². The Morgan fingerprint density at radius 2 is 2.03 bits per heavy atom. The van der Waals surface area contributed by atoms with Crippen LogP contribution < -0.4 is 0 Å². The number of carbonyl (C=O) groups excluding carboxylic acids is 2. The van der Waals surface area contributed by atoms with Gasteiger partial charge in [0.15, 0.2) is 0 Å². The van der Waals surface area contributed by atoms with Gasteiger partial charge in [0.25, 0.3) is 0 Å². The predicted octanol–water partition coefficient (Wildman–Crippen LogP) is 4.98. The zero-order valence-electron chi connectivity index (χ0n) is 18.9. The summed E-state index contributed by atoms with van der Waals surface area (Å²) in [6.45, 7) is 8.87. The number of carbonyl (C=O) groups is 2. The molecule has 2 fully saturated rings. The molecule has 0 saturated heterocycles. The standard InChI is InChI=1S/C27H32O5/c1-18-9-12-22-26(2,21(18)11-10-20-14-16-31-24(20)29)15-13-23(28)27(22,3)17-32-25(30)19-7-5-4-6-8-19/h4-8,10,14,16,21-23,28H,1,9,11-13,15,17H2,2-3H3/b20-10+/t21-,22?,23-,26+,27+/m1/s1. The van der Waals surface area contributed by atoms with Crippen LogP contribution in [0.25, 0.3) is 0 Å². The first-order valence-electron chi connectivity index (χ1n) is 11.4. The topological polar surface area (TPSA) is 72.8 Å². The smallest absolute Gasteiger partial charge is 0.342 e. The minimum Gasteiger partial charge on any atom is -0.461 e. The van der Waals surface area contributed by atoms with Crippen molar-refractivity contribution in [3.63, 3.8) is 0 Å². The van der Waals surface area contributed by atoms with E-state index in [-0.39, 0.29) is 35.8 Å². The summed E-state index contributed by atoms with van der Waals surface area (Å²) in [6, 6.07) is 8.96. The van der Waals surface area contributed by atoms with Crippen LogP contribution in [-0.4, -0.2) is 29.8 Å². The Balaban J connectivity index is 1.55. The minimum atomic E-state index is -0.546. The summed E-state index contributed by atoms with van der Waals surface area (Å²) in [5.74, 6) is -0.321.